The molecule has 0 spiro atoms. The predicted molar refractivity (Wildman–Crippen MR) is 93.7 cm³/mol. The molecule has 1 fully saturated rings. The molecule has 0 unspecified atom stereocenters. The Bertz CT molecular complexity index is 612. The predicted octanol–water partition coefficient (Wildman–Crippen LogP) is 3.84. The molecule has 0 atom stereocenters. The molecular formula is C18H21BrFNO3. The first-order valence-electron chi connectivity index (χ1n) is 8.11. The normalized spacial score (nSPS) is 15.4. The summed E-state index contributed by atoms with van der Waals surface area (Å²) in [6, 6.07) is 4.42. The zero-order valence-corrected chi connectivity index (χ0v) is 15.0. The van der Waals surface area contributed by atoms with E-state index in [0.717, 1.165) is 18.9 Å². The smallest absolute Gasteiger partial charge is 0.331 e. The monoisotopic (exact) mass is 397 g/mol. The molecule has 1 amide bonds. The molecule has 0 heterocycles. The van der Waals surface area contributed by atoms with E-state index in [1.807, 2.05) is 0 Å². The Kier molecular flexibility index (Phi) is 7.43. The number of hydrogen-bond acceptors (Lipinski definition) is 3. The minimum atomic E-state index is -0.679. The number of esters is 1. The molecule has 1 N–H and O–H groups in total. The summed E-state index contributed by atoms with van der Waals surface area (Å²) in [7, 11) is 0. The van der Waals surface area contributed by atoms with E-state index in [2.05, 4.69) is 21.2 Å². The summed E-state index contributed by atoms with van der Waals surface area (Å²) >= 11 is 3.23. The first-order chi connectivity index (χ1) is 11.5. The fourth-order valence-electron chi connectivity index (χ4n) is 2.69. The van der Waals surface area contributed by atoms with Gasteiger partial charge in [-0.15, -0.1) is 0 Å². The first kappa shape index (κ1) is 18.6. The Morgan fingerprint density at radius 3 is 2.79 bits per heavy atom. The van der Waals surface area contributed by atoms with E-state index in [1.165, 1.54) is 31.4 Å². The van der Waals surface area contributed by atoms with Crippen LogP contribution in [0.25, 0.3) is 6.08 Å². The summed E-state index contributed by atoms with van der Waals surface area (Å²) in [6.07, 6.45) is 8.41. The van der Waals surface area contributed by atoms with Crippen LogP contribution in [0.4, 0.5) is 4.39 Å². The van der Waals surface area contributed by atoms with Crippen LogP contribution in [-0.4, -0.2) is 25.0 Å². The fourth-order valence-corrected chi connectivity index (χ4v) is 3.06. The van der Waals surface area contributed by atoms with Crippen molar-refractivity contribution < 1.29 is 18.7 Å². The molecule has 0 saturated heterocycles. The number of halogens is 2. The second-order valence-corrected chi connectivity index (χ2v) is 6.83. The van der Waals surface area contributed by atoms with Gasteiger partial charge in [0.15, 0.2) is 6.61 Å². The third-order valence-electron chi connectivity index (χ3n) is 4.02. The maximum absolute atomic E-state index is 13.5. The van der Waals surface area contributed by atoms with E-state index in [9.17, 15) is 14.0 Å². The van der Waals surface area contributed by atoms with Gasteiger partial charge in [-0.3, -0.25) is 4.79 Å². The maximum Gasteiger partial charge on any atom is 0.331 e. The highest BCUT2D eigenvalue weighted by molar-refractivity contribution is 9.10. The average molecular weight is 398 g/mol. The third kappa shape index (κ3) is 6.43. The Balaban J connectivity index is 1.71. The van der Waals surface area contributed by atoms with Crippen LogP contribution in [0.3, 0.4) is 0 Å². The zero-order chi connectivity index (χ0) is 17.4. The summed E-state index contributed by atoms with van der Waals surface area (Å²) in [5.74, 6) is -0.900. The molecule has 130 valence electrons. The van der Waals surface area contributed by atoms with Gasteiger partial charge in [0.1, 0.15) is 5.82 Å². The molecule has 1 aliphatic carbocycles. The van der Waals surface area contributed by atoms with Gasteiger partial charge >= 0.3 is 5.97 Å². The Hall–Kier alpha value is -1.69. The van der Waals surface area contributed by atoms with Crippen LogP contribution in [0.5, 0.6) is 0 Å². The largest absolute Gasteiger partial charge is 0.452 e. The van der Waals surface area contributed by atoms with Gasteiger partial charge in [-0.2, -0.15) is 0 Å². The first-order valence-corrected chi connectivity index (χ1v) is 8.90. The van der Waals surface area contributed by atoms with Gasteiger partial charge in [-0.05, 0) is 43.0 Å². The number of ether oxygens (including phenoxy) is 1. The van der Waals surface area contributed by atoms with Crippen molar-refractivity contribution >= 4 is 33.9 Å². The number of amides is 1. The van der Waals surface area contributed by atoms with Crippen molar-refractivity contribution in [3.05, 3.63) is 40.1 Å². The minimum absolute atomic E-state index is 0.267. The molecule has 0 aliphatic heterocycles. The second-order valence-electron chi connectivity index (χ2n) is 5.91. The summed E-state index contributed by atoms with van der Waals surface area (Å²) in [5.41, 5.74) is 0.267. The number of benzene rings is 1. The van der Waals surface area contributed by atoms with Crippen LogP contribution >= 0.6 is 15.9 Å². The van der Waals surface area contributed by atoms with Crippen molar-refractivity contribution in [2.75, 3.05) is 13.2 Å². The highest BCUT2D eigenvalue weighted by atomic mass is 79.9. The van der Waals surface area contributed by atoms with E-state index >= 15 is 0 Å². The van der Waals surface area contributed by atoms with Gasteiger partial charge < -0.3 is 10.1 Å². The summed E-state index contributed by atoms with van der Waals surface area (Å²) in [6.45, 7) is 0.312. The average Bonchev–Trinajstić information content (AvgIpc) is 2.59. The lowest BCUT2D eigenvalue weighted by Gasteiger charge is -2.21. The van der Waals surface area contributed by atoms with Gasteiger partial charge in [0.25, 0.3) is 5.91 Å². The molecule has 1 aromatic rings. The Labute approximate surface area is 149 Å². The van der Waals surface area contributed by atoms with Crippen molar-refractivity contribution in [1.29, 1.82) is 0 Å². The Morgan fingerprint density at radius 1 is 1.29 bits per heavy atom. The van der Waals surface area contributed by atoms with Crippen LogP contribution < -0.4 is 5.32 Å². The topological polar surface area (TPSA) is 55.4 Å². The lowest BCUT2D eigenvalue weighted by molar-refractivity contribution is -0.143. The molecule has 2 rings (SSSR count). The quantitative estimate of drug-likeness (QED) is 0.585. The number of rotatable bonds is 6. The van der Waals surface area contributed by atoms with Crippen molar-refractivity contribution in [3.63, 3.8) is 0 Å². The molecule has 4 nitrogen and oxygen atoms in total. The molecule has 24 heavy (non-hydrogen) atoms. The van der Waals surface area contributed by atoms with Gasteiger partial charge in [0.2, 0.25) is 0 Å². The number of hydrogen-bond donors (Lipinski definition) is 1. The highest BCUT2D eigenvalue weighted by Crippen LogP contribution is 2.22. The highest BCUT2D eigenvalue weighted by Gasteiger charge is 2.14. The molecule has 1 aromatic carbocycles. The molecule has 6 heteroatoms. The molecular weight excluding hydrogens is 377 g/mol. The fraction of sp³-hybridized carbons (Fsp3) is 0.444. The lowest BCUT2D eigenvalue weighted by Crippen LogP contribution is -2.33. The van der Waals surface area contributed by atoms with Gasteiger partial charge in [-0.1, -0.05) is 35.2 Å². The van der Waals surface area contributed by atoms with E-state index in [-0.39, 0.29) is 18.1 Å². The van der Waals surface area contributed by atoms with Crippen LogP contribution in [0.2, 0.25) is 0 Å². The summed E-state index contributed by atoms with van der Waals surface area (Å²) in [4.78, 5) is 23.3. The maximum atomic E-state index is 13.5. The van der Waals surface area contributed by atoms with E-state index in [4.69, 9.17) is 4.74 Å². The van der Waals surface area contributed by atoms with Crippen LogP contribution in [0, 0.1) is 11.7 Å². The second kappa shape index (κ2) is 9.57. The van der Waals surface area contributed by atoms with Crippen LogP contribution in [-0.2, 0) is 14.3 Å². The third-order valence-corrected chi connectivity index (χ3v) is 4.51. The molecule has 1 saturated carbocycles. The molecule has 0 aromatic heterocycles. The van der Waals surface area contributed by atoms with Crippen LogP contribution in [0.15, 0.2) is 28.7 Å². The molecule has 0 radical (unpaired) electrons. The minimum Gasteiger partial charge on any atom is -0.452 e. The van der Waals surface area contributed by atoms with E-state index < -0.39 is 11.8 Å². The van der Waals surface area contributed by atoms with Crippen molar-refractivity contribution in [2.45, 2.75) is 32.1 Å². The van der Waals surface area contributed by atoms with E-state index in [0.29, 0.717) is 16.9 Å². The molecule has 1 aliphatic rings. The van der Waals surface area contributed by atoms with E-state index in [1.54, 1.807) is 12.1 Å². The van der Waals surface area contributed by atoms with Gasteiger partial charge in [0.05, 0.1) is 0 Å². The number of carbonyl (C=O) groups is 2. The van der Waals surface area contributed by atoms with Gasteiger partial charge in [0, 0.05) is 22.7 Å². The number of nitrogens with one attached hydrogen (secondary N) is 1. The SMILES string of the molecule is O=C(COC(=O)/C=C/c1cc(Br)ccc1F)NCC1CCCCC1. The standard InChI is InChI=1S/C18H21BrFNO3/c19-15-7-8-16(20)14(10-15)6-9-18(23)24-12-17(22)21-11-13-4-2-1-3-5-13/h6-10,13H,1-5,11-12H2,(H,21,22)/b9-6+. The van der Waals surface area contributed by atoms with Crippen molar-refractivity contribution in [3.8, 4) is 0 Å². The lowest BCUT2D eigenvalue weighted by atomic mass is 9.89. The van der Waals surface area contributed by atoms with Crippen LogP contribution in [0.1, 0.15) is 37.7 Å². The van der Waals surface area contributed by atoms with Crippen molar-refractivity contribution in [1.82, 2.24) is 5.32 Å². The zero-order valence-electron chi connectivity index (χ0n) is 13.4. The Morgan fingerprint density at radius 2 is 2.04 bits per heavy atom. The summed E-state index contributed by atoms with van der Waals surface area (Å²) in [5, 5.41) is 2.79. The van der Waals surface area contributed by atoms with Crippen molar-refractivity contribution in [2.24, 2.45) is 5.92 Å². The molecule has 0 bridgehead atoms. The number of carbonyl (C=O) groups excluding carboxylic acids is 2. The summed E-state index contributed by atoms with van der Waals surface area (Å²) < 4.78 is 19.1. The van der Waals surface area contributed by atoms with Gasteiger partial charge in [-0.25, -0.2) is 9.18 Å².